The normalized spacial score (nSPS) is 11.4. The molecule has 0 N–H and O–H groups in total. The van der Waals surface area contributed by atoms with Crippen LogP contribution >= 0.6 is 23.4 Å². The van der Waals surface area contributed by atoms with E-state index in [1.54, 1.807) is 6.92 Å². The quantitative estimate of drug-likeness (QED) is 0.591. The largest absolute Gasteiger partial charge is 0.279 e. The van der Waals surface area contributed by atoms with Gasteiger partial charge < -0.3 is 0 Å². The molecule has 1 aromatic heterocycles. The topological polar surface area (TPSA) is 77.0 Å². The molecule has 0 aliphatic heterocycles. The number of hydrogen-bond acceptors (Lipinski definition) is 6. The van der Waals surface area contributed by atoms with Gasteiger partial charge in [-0.05, 0) is 37.2 Å². The van der Waals surface area contributed by atoms with Gasteiger partial charge in [-0.1, -0.05) is 36.2 Å². The van der Waals surface area contributed by atoms with Crippen LogP contribution in [0.25, 0.3) is 0 Å². The molecule has 0 saturated heterocycles. The summed E-state index contributed by atoms with van der Waals surface area (Å²) in [5, 5.41) is -0.754. The summed E-state index contributed by atoms with van der Waals surface area (Å²) in [6, 6.07) is 7.38. The van der Waals surface area contributed by atoms with Gasteiger partial charge in [0.1, 0.15) is 5.69 Å². The summed E-state index contributed by atoms with van der Waals surface area (Å²) >= 11 is 6.90. The minimum atomic E-state index is -3.60. The number of thioether (sulfide) groups is 1. The molecule has 0 amide bonds. The van der Waals surface area contributed by atoms with Gasteiger partial charge in [0.05, 0.1) is 17.0 Å². The van der Waals surface area contributed by atoms with E-state index in [-0.39, 0.29) is 21.6 Å². The summed E-state index contributed by atoms with van der Waals surface area (Å²) < 4.78 is 24.1. The van der Waals surface area contributed by atoms with Gasteiger partial charge in [-0.15, -0.1) is 0 Å². The Bertz CT molecular complexity index is 821. The highest BCUT2D eigenvalue weighted by Gasteiger charge is 2.22. The highest BCUT2D eigenvalue weighted by Crippen LogP contribution is 2.26. The average Bonchev–Trinajstić information content (AvgIpc) is 2.49. The Morgan fingerprint density at radius 1 is 1.26 bits per heavy atom. The van der Waals surface area contributed by atoms with Gasteiger partial charge in [0.15, 0.2) is 0 Å². The van der Waals surface area contributed by atoms with Gasteiger partial charge in [0.2, 0.25) is 20.1 Å². The van der Waals surface area contributed by atoms with Crippen LogP contribution in [0.5, 0.6) is 0 Å². The molecule has 0 unspecified atom stereocenters. The Morgan fingerprint density at radius 3 is 2.52 bits per heavy atom. The van der Waals surface area contributed by atoms with E-state index in [0.29, 0.717) is 6.42 Å². The maximum Gasteiger partial charge on any atom is 0.247 e. The Kier molecular flexibility index (Phi) is 5.78. The van der Waals surface area contributed by atoms with E-state index in [9.17, 15) is 13.2 Å². The number of aryl methyl sites for hydroxylation is 1. The second-order valence-electron chi connectivity index (χ2n) is 4.87. The highest BCUT2D eigenvalue weighted by molar-refractivity contribution is 8.14. The second-order valence-corrected chi connectivity index (χ2v) is 8.33. The summed E-state index contributed by atoms with van der Waals surface area (Å²) in [5.74, 6) is -0.0760. The van der Waals surface area contributed by atoms with Crippen molar-refractivity contribution in [2.75, 3.05) is 5.75 Å². The predicted octanol–water partition coefficient (Wildman–Crippen LogP) is 3.55. The monoisotopic (exact) mass is 370 g/mol. The first kappa shape index (κ1) is 17.9. The van der Waals surface area contributed by atoms with Gasteiger partial charge >= 0.3 is 0 Å². The first-order valence-electron chi connectivity index (χ1n) is 6.87. The predicted molar refractivity (Wildman–Crippen MR) is 90.8 cm³/mol. The van der Waals surface area contributed by atoms with Crippen LogP contribution in [0.1, 0.15) is 29.4 Å². The first-order valence-corrected chi connectivity index (χ1v) is 9.72. The fourth-order valence-corrected chi connectivity index (χ4v) is 3.90. The van der Waals surface area contributed by atoms with Crippen LogP contribution in [0, 0.1) is 6.92 Å². The molecule has 5 nitrogen and oxygen atoms in total. The van der Waals surface area contributed by atoms with Crippen molar-refractivity contribution < 1.29 is 13.2 Å². The molecule has 2 rings (SSSR count). The van der Waals surface area contributed by atoms with Crippen molar-refractivity contribution in [2.45, 2.75) is 30.3 Å². The zero-order valence-corrected chi connectivity index (χ0v) is 15.0. The molecule has 0 radical (unpaired) electrons. The van der Waals surface area contributed by atoms with Crippen LogP contribution < -0.4 is 0 Å². The van der Waals surface area contributed by atoms with Crippen molar-refractivity contribution in [1.29, 1.82) is 0 Å². The molecule has 0 saturated carbocycles. The SMILES string of the molecule is CCCS(=O)(=O)c1ncc(Cl)c(C(=O)Sc2ccc(C)cc2)n1. The summed E-state index contributed by atoms with van der Waals surface area (Å²) in [4.78, 5) is 20.7. The number of rotatable bonds is 5. The molecule has 0 aliphatic carbocycles. The summed E-state index contributed by atoms with van der Waals surface area (Å²) in [6.45, 7) is 3.69. The molecule has 23 heavy (non-hydrogen) atoms. The van der Waals surface area contributed by atoms with Crippen LogP contribution in [-0.2, 0) is 9.84 Å². The van der Waals surface area contributed by atoms with Crippen LogP contribution in [0.3, 0.4) is 0 Å². The van der Waals surface area contributed by atoms with E-state index in [4.69, 9.17) is 11.6 Å². The number of carbonyl (C=O) groups excluding carboxylic acids is 1. The average molecular weight is 371 g/mol. The third-order valence-electron chi connectivity index (χ3n) is 2.90. The van der Waals surface area contributed by atoms with Crippen LogP contribution in [0.2, 0.25) is 5.02 Å². The zero-order valence-electron chi connectivity index (χ0n) is 12.6. The van der Waals surface area contributed by atoms with Crippen molar-refractivity contribution in [3.8, 4) is 0 Å². The molecule has 122 valence electrons. The molecule has 0 atom stereocenters. The Hall–Kier alpha value is -1.44. The Morgan fingerprint density at radius 2 is 1.91 bits per heavy atom. The minimum Gasteiger partial charge on any atom is -0.279 e. The first-order chi connectivity index (χ1) is 10.8. The van der Waals surface area contributed by atoms with Gasteiger partial charge in [0.25, 0.3) is 0 Å². The molecule has 1 heterocycles. The Labute approximate surface area is 144 Å². The summed E-state index contributed by atoms with van der Waals surface area (Å²) in [6.07, 6.45) is 1.59. The number of benzene rings is 1. The summed E-state index contributed by atoms with van der Waals surface area (Å²) in [5.41, 5.74) is 0.983. The van der Waals surface area contributed by atoms with Gasteiger partial charge in [-0.25, -0.2) is 18.4 Å². The number of aromatic nitrogens is 2. The van der Waals surface area contributed by atoms with E-state index in [0.717, 1.165) is 28.4 Å². The maximum atomic E-state index is 12.4. The molecule has 2 aromatic rings. The molecule has 0 fully saturated rings. The molecular weight excluding hydrogens is 356 g/mol. The smallest absolute Gasteiger partial charge is 0.247 e. The van der Waals surface area contributed by atoms with Gasteiger partial charge in [0, 0.05) is 4.90 Å². The van der Waals surface area contributed by atoms with E-state index >= 15 is 0 Å². The van der Waals surface area contributed by atoms with Gasteiger partial charge in [-0.2, -0.15) is 0 Å². The number of hydrogen-bond donors (Lipinski definition) is 0. The maximum absolute atomic E-state index is 12.4. The van der Waals surface area contributed by atoms with Crippen LogP contribution in [0.15, 0.2) is 40.5 Å². The van der Waals surface area contributed by atoms with Gasteiger partial charge in [-0.3, -0.25) is 4.79 Å². The van der Waals surface area contributed by atoms with Crippen molar-refractivity contribution >= 4 is 38.3 Å². The minimum absolute atomic E-state index is 0.0325. The number of nitrogens with zero attached hydrogens (tertiary/aromatic N) is 2. The Balaban J connectivity index is 2.31. The molecule has 0 bridgehead atoms. The standard InChI is InChI=1S/C15H15ClN2O3S2/c1-3-8-23(20,21)15-17-9-12(16)13(18-15)14(19)22-11-6-4-10(2)5-7-11/h4-7,9H,3,8H2,1-2H3. The molecule has 0 spiro atoms. The fourth-order valence-electron chi connectivity index (χ4n) is 1.77. The third kappa shape index (κ3) is 4.53. The zero-order chi connectivity index (χ0) is 17.0. The van der Waals surface area contributed by atoms with Crippen LogP contribution in [-0.4, -0.2) is 29.3 Å². The molecular formula is C15H15ClN2O3S2. The van der Waals surface area contributed by atoms with Crippen molar-refractivity contribution in [3.05, 3.63) is 46.7 Å². The van der Waals surface area contributed by atoms with Crippen molar-refractivity contribution in [2.24, 2.45) is 0 Å². The lowest BCUT2D eigenvalue weighted by atomic mass is 10.2. The summed E-state index contributed by atoms with van der Waals surface area (Å²) in [7, 11) is -3.60. The van der Waals surface area contributed by atoms with E-state index in [2.05, 4.69) is 9.97 Å². The molecule has 8 heteroatoms. The lowest BCUT2D eigenvalue weighted by Crippen LogP contribution is -2.13. The fraction of sp³-hybridized carbons (Fsp3) is 0.267. The number of carbonyl (C=O) groups is 1. The third-order valence-corrected chi connectivity index (χ3v) is 5.76. The number of sulfone groups is 1. The highest BCUT2D eigenvalue weighted by atomic mass is 35.5. The molecule has 1 aromatic carbocycles. The lowest BCUT2D eigenvalue weighted by Gasteiger charge is -2.06. The second kappa shape index (κ2) is 7.42. The van der Waals surface area contributed by atoms with E-state index in [1.165, 1.54) is 0 Å². The van der Waals surface area contributed by atoms with Crippen LogP contribution in [0.4, 0.5) is 0 Å². The lowest BCUT2D eigenvalue weighted by molar-refractivity contribution is 0.108. The number of halogens is 1. The molecule has 0 aliphatic rings. The van der Waals surface area contributed by atoms with E-state index < -0.39 is 15.0 Å². The van der Waals surface area contributed by atoms with Crippen molar-refractivity contribution in [1.82, 2.24) is 9.97 Å². The van der Waals surface area contributed by atoms with E-state index in [1.807, 2.05) is 31.2 Å². The van der Waals surface area contributed by atoms with Crippen molar-refractivity contribution in [3.63, 3.8) is 0 Å².